The van der Waals surface area contributed by atoms with Crippen LogP contribution in [0, 0.1) is 6.92 Å². The Hall–Kier alpha value is -2.39. The summed E-state index contributed by atoms with van der Waals surface area (Å²) in [4.78, 5) is 4.35. The lowest BCUT2D eigenvalue weighted by Gasteiger charge is -2.13. The largest absolute Gasteiger partial charge is 0.491 e. The fraction of sp³-hybridized carbons (Fsp3) is 0.421. The van der Waals surface area contributed by atoms with Gasteiger partial charge in [-0.1, -0.05) is 13.8 Å². The molecule has 0 bridgehead atoms. The third kappa shape index (κ3) is 6.65. The van der Waals surface area contributed by atoms with Crippen molar-refractivity contribution in [3.8, 4) is 11.6 Å². The van der Waals surface area contributed by atoms with Crippen LogP contribution in [0.15, 0.2) is 41.3 Å². The van der Waals surface area contributed by atoms with Gasteiger partial charge in [0.2, 0.25) is 5.88 Å². The van der Waals surface area contributed by atoms with Crippen LogP contribution in [0.5, 0.6) is 11.6 Å². The van der Waals surface area contributed by atoms with Crippen molar-refractivity contribution in [2.75, 3.05) is 31.2 Å². The number of pyridine rings is 1. The number of anilines is 1. The lowest BCUT2D eigenvalue weighted by molar-refractivity contribution is 0.273. The summed E-state index contributed by atoms with van der Waals surface area (Å²) in [6.07, 6.45) is 0. The molecule has 1 aromatic heterocycles. The van der Waals surface area contributed by atoms with Crippen LogP contribution in [0.25, 0.3) is 0 Å². The lowest BCUT2D eigenvalue weighted by Crippen LogP contribution is -2.27. The third-order valence-electron chi connectivity index (χ3n) is 3.69. The highest BCUT2D eigenvalue weighted by Gasteiger charge is 2.16. The molecule has 0 fully saturated rings. The van der Waals surface area contributed by atoms with E-state index in [0.717, 1.165) is 0 Å². The Balaban J connectivity index is 2.01. The van der Waals surface area contributed by atoms with Crippen LogP contribution in [0.2, 0.25) is 0 Å². The number of nitrogens with zero attached hydrogens (tertiary/aromatic N) is 1. The van der Waals surface area contributed by atoms with Crippen molar-refractivity contribution in [3.05, 3.63) is 42.1 Å². The second-order valence-electron chi connectivity index (χ2n) is 6.35. The van der Waals surface area contributed by atoms with Crippen molar-refractivity contribution >= 4 is 15.7 Å². The van der Waals surface area contributed by atoms with Crippen molar-refractivity contribution in [1.82, 2.24) is 10.3 Å². The van der Waals surface area contributed by atoms with Gasteiger partial charge in [-0.15, -0.1) is 0 Å². The summed E-state index contributed by atoms with van der Waals surface area (Å²) in [6, 6.07) is 9.38. The molecule has 9 heteroatoms. The van der Waals surface area contributed by atoms with Crippen LogP contribution in [0.3, 0.4) is 0 Å². The number of alkyl halides is 1. The van der Waals surface area contributed by atoms with Gasteiger partial charge in [0.05, 0.1) is 16.3 Å². The van der Waals surface area contributed by atoms with Gasteiger partial charge in [-0.2, -0.15) is 0 Å². The van der Waals surface area contributed by atoms with Gasteiger partial charge in [0, 0.05) is 18.7 Å². The number of hydrogen-bond acceptors (Lipinski definition) is 6. The first-order valence-corrected chi connectivity index (χ1v) is 10.5. The van der Waals surface area contributed by atoms with Gasteiger partial charge in [-0.25, -0.2) is 17.8 Å². The van der Waals surface area contributed by atoms with Gasteiger partial charge in [0.15, 0.2) is 0 Å². The molecule has 0 atom stereocenters. The van der Waals surface area contributed by atoms with Crippen LogP contribution < -0.4 is 19.5 Å². The Labute approximate surface area is 165 Å². The first-order valence-electron chi connectivity index (χ1n) is 8.97. The van der Waals surface area contributed by atoms with E-state index in [4.69, 9.17) is 9.47 Å². The molecule has 0 spiro atoms. The summed E-state index contributed by atoms with van der Waals surface area (Å²) in [5.41, 5.74) is 0.867. The van der Waals surface area contributed by atoms with E-state index in [-0.39, 0.29) is 11.5 Å². The number of nitrogens with one attached hydrogen (secondary N) is 2. The topological polar surface area (TPSA) is 89.5 Å². The van der Waals surface area contributed by atoms with Crippen LogP contribution in [0.1, 0.15) is 19.5 Å². The molecule has 0 unspecified atom stereocenters. The number of rotatable bonds is 11. The molecule has 2 aromatic rings. The van der Waals surface area contributed by atoms with Crippen molar-refractivity contribution < 1.29 is 22.3 Å². The van der Waals surface area contributed by atoms with Crippen molar-refractivity contribution in [3.63, 3.8) is 0 Å². The van der Waals surface area contributed by atoms with Gasteiger partial charge in [-0.05, 0) is 37.3 Å². The van der Waals surface area contributed by atoms with Crippen LogP contribution >= 0.6 is 0 Å². The first kappa shape index (κ1) is 21.9. The van der Waals surface area contributed by atoms with Crippen molar-refractivity contribution in [1.29, 1.82) is 0 Å². The highest BCUT2D eigenvalue weighted by atomic mass is 32.2. The molecule has 7 nitrogen and oxygen atoms in total. The van der Waals surface area contributed by atoms with E-state index in [1.54, 1.807) is 19.1 Å². The molecule has 0 radical (unpaired) electrons. The minimum Gasteiger partial charge on any atom is -0.491 e. The van der Waals surface area contributed by atoms with E-state index in [9.17, 15) is 12.8 Å². The third-order valence-corrected chi connectivity index (χ3v) is 5.07. The quantitative estimate of drug-likeness (QED) is 0.553. The SMILES string of the molecule is Cc1nc(OCCNC(C)C)ccc1NS(=O)(=O)c1ccc(OCCF)cc1. The zero-order valence-corrected chi connectivity index (χ0v) is 17.1. The normalized spacial score (nSPS) is 11.5. The average molecular weight is 411 g/mol. The van der Waals surface area contributed by atoms with Crippen LogP contribution in [0.4, 0.5) is 10.1 Å². The zero-order chi connectivity index (χ0) is 20.6. The smallest absolute Gasteiger partial charge is 0.261 e. The van der Waals surface area contributed by atoms with Gasteiger partial charge < -0.3 is 14.8 Å². The Bertz CT molecular complexity index is 858. The molecular weight excluding hydrogens is 385 g/mol. The van der Waals surface area contributed by atoms with Crippen LogP contribution in [-0.2, 0) is 10.0 Å². The number of aryl methyl sites for hydroxylation is 1. The Morgan fingerprint density at radius 1 is 1.07 bits per heavy atom. The molecule has 154 valence electrons. The molecule has 0 saturated carbocycles. The second-order valence-corrected chi connectivity index (χ2v) is 8.04. The molecular formula is C19H26FN3O4S. The molecule has 1 heterocycles. The minimum absolute atomic E-state index is 0.0691. The Kier molecular flexibility index (Phi) is 8.01. The van der Waals surface area contributed by atoms with Crippen LogP contribution in [-0.4, -0.2) is 45.9 Å². The second kappa shape index (κ2) is 10.2. The standard InChI is InChI=1S/C19H26FN3O4S/c1-14(2)21-11-13-27-19-9-8-18(15(3)22-19)23-28(24,25)17-6-4-16(5-7-17)26-12-10-20/h4-9,14,21,23H,10-13H2,1-3H3. The monoisotopic (exact) mass is 411 g/mol. The van der Waals surface area contributed by atoms with E-state index in [1.807, 2.05) is 13.8 Å². The summed E-state index contributed by atoms with van der Waals surface area (Å²) in [5, 5.41) is 3.23. The van der Waals surface area contributed by atoms with E-state index < -0.39 is 16.7 Å². The van der Waals surface area contributed by atoms with Gasteiger partial charge in [-0.3, -0.25) is 4.72 Å². The maximum absolute atomic E-state index is 12.6. The summed E-state index contributed by atoms with van der Waals surface area (Å²) < 4.78 is 50.4. The summed E-state index contributed by atoms with van der Waals surface area (Å²) in [5.74, 6) is 0.836. The molecule has 0 aliphatic heterocycles. The zero-order valence-electron chi connectivity index (χ0n) is 16.2. The minimum atomic E-state index is -3.79. The molecule has 0 aliphatic carbocycles. The molecule has 2 N–H and O–H groups in total. The van der Waals surface area contributed by atoms with Gasteiger partial charge in [0.25, 0.3) is 10.0 Å². The van der Waals surface area contributed by atoms with E-state index >= 15 is 0 Å². The highest BCUT2D eigenvalue weighted by Crippen LogP contribution is 2.22. The van der Waals surface area contributed by atoms with Gasteiger partial charge >= 0.3 is 0 Å². The molecule has 0 amide bonds. The fourth-order valence-corrected chi connectivity index (χ4v) is 3.42. The lowest BCUT2D eigenvalue weighted by atomic mass is 10.3. The maximum atomic E-state index is 12.6. The number of benzene rings is 1. The number of halogens is 1. The van der Waals surface area contributed by atoms with Gasteiger partial charge in [0.1, 0.15) is 25.6 Å². The summed E-state index contributed by atoms with van der Waals surface area (Å²) >= 11 is 0. The highest BCUT2D eigenvalue weighted by molar-refractivity contribution is 7.92. The Morgan fingerprint density at radius 2 is 1.79 bits per heavy atom. The van der Waals surface area contributed by atoms with E-state index in [0.29, 0.717) is 42.2 Å². The molecule has 1 aromatic carbocycles. The van der Waals surface area contributed by atoms with Crippen molar-refractivity contribution in [2.24, 2.45) is 0 Å². The number of aromatic nitrogens is 1. The average Bonchev–Trinajstić information content (AvgIpc) is 2.65. The summed E-state index contributed by atoms with van der Waals surface area (Å²) in [6.45, 7) is 6.27. The number of sulfonamides is 1. The van der Waals surface area contributed by atoms with Crippen molar-refractivity contribution in [2.45, 2.75) is 31.7 Å². The predicted octanol–water partition coefficient (Wildman–Crippen LogP) is 2.92. The fourth-order valence-electron chi connectivity index (χ4n) is 2.30. The maximum Gasteiger partial charge on any atom is 0.261 e. The molecule has 2 rings (SSSR count). The van der Waals surface area contributed by atoms with E-state index in [1.165, 1.54) is 24.3 Å². The molecule has 0 aliphatic rings. The first-order chi connectivity index (χ1) is 13.3. The molecule has 0 saturated heterocycles. The van der Waals surface area contributed by atoms with E-state index in [2.05, 4.69) is 15.0 Å². The predicted molar refractivity (Wildman–Crippen MR) is 106 cm³/mol. The molecule has 28 heavy (non-hydrogen) atoms. The summed E-state index contributed by atoms with van der Waals surface area (Å²) in [7, 11) is -3.79. The Morgan fingerprint density at radius 3 is 2.39 bits per heavy atom. The number of ether oxygens (including phenoxy) is 2. The number of hydrogen-bond donors (Lipinski definition) is 2.